The Morgan fingerprint density at radius 1 is 1.05 bits per heavy atom. The van der Waals surface area contributed by atoms with Gasteiger partial charge in [-0.25, -0.2) is 0 Å². The average Bonchev–Trinajstić information content (AvgIpc) is 2.52. The first-order valence-electron chi connectivity index (χ1n) is 7.70. The van der Waals surface area contributed by atoms with Crippen molar-refractivity contribution in [3.05, 3.63) is 77.4 Å². The van der Waals surface area contributed by atoms with Crippen molar-refractivity contribution >= 4 is 6.08 Å². The fraction of sp³-hybridized carbons (Fsp3) is 0.300. The zero-order valence-corrected chi connectivity index (χ0v) is 13.1. The van der Waals surface area contributed by atoms with Gasteiger partial charge in [-0.3, -0.25) is 0 Å². The first kappa shape index (κ1) is 15.5. The zero-order chi connectivity index (χ0) is 15.1. The van der Waals surface area contributed by atoms with Crippen LogP contribution in [0.5, 0.6) is 0 Å². The number of hydrogen-bond acceptors (Lipinski definition) is 1. The molecule has 0 fully saturated rings. The van der Waals surface area contributed by atoms with Gasteiger partial charge in [0.1, 0.15) is 0 Å². The molecule has 2 aromatic rings. The molecule has 0 bridgehead atoms. The van der Waals surface area contributed by atoms with Crippen LogP contribution in [0.25, 0.3) is 6.08 Å². The number of benzene rings is 2. The lowest BCUT2D eigenvalue weighted by Gasteiger charge is -2.13. The van der Waals surface area contributed by atoms with Gasteiger partial charge in [0.2, 0.25) is 0 Å². The molecule has 0 amide bonds. The molecule has 0 aliphatic carbocycles. The number of hydrogen-bond donors (Lipinski definition) is 1. The van der Waals surface area contributed by atoms with Crippen LogP contribution in [0, 0.1) is 0 Å². The third-order valence-corrected chi connectivity index (χ3v) is 3.80. The van der Waals surface area contributed by atoms with Gasteiger partial charge in [0, 0.05) is 6.54 Å². The first-order valence-corrected chi connectivity index (χ1v) is 7.70. The van der Waals surface area contributed by atoms with Crippen molar-refractivity contribution in [2.24, 2.45) is 0 Å². The molecule has 0 unspecified atom stereocenters. The highest BCUT2D eigenvalue weighted by molar-refractivity contribution is 5.47. The maximum atomic E-state index is 3.78. The van der Waals surface area contributed by atoms with Crippen LogP contribution < -0.4 is 5.32 Å². The molecule has 0 radical (unpaired) electrons. The molecule has 0 aliphatic heterocycles. The van der Waals surface area contributed by atoms with Gasteiger partial charge in [0.05, 0.1) is 0 Å². The second-order valence-electron chi connectivity index (χ2n) is 5.73. The molecular weight excluding hydrogens is 254 g/mol. The van der Waals surface area contributed by atoms with E-state index in [9.17, 15) is 0 Å². The molecule has 1 N–H and O–H groups in total. The van der Waals surface area contributed by atoms with Gasteiger partial charge < -0.3 is 5.32 Å². The Bertz CT molecular complexity index is 567. The Kier molecular flexibility index (Phi) is 5.77. The summed E-state index contributed by atoms with van der Waals surface area (Å²) in [6.07, 6.45) is 2.94. The zero-order valence-electron chi connectivity index (χ0n) is 13.1. The van der Waals surface area contributed by atoms with Crippen molar-refractivity contribution in [3.63, 3.8) is 0 Å². The van der Waals surface area contributed by atoms with Crippen molar-refractivity contribution in [2.45, 2.75) is 32.7 Å². The average molecular weight is 279 g/mol. The van der Waals surface area contributed by atoms with Crippen molar-refractivity contribution < 1.29 is 0 Å². The van der Waals surface area contributed by atoms with Crippen LogP contribution in [0.15, 0.2) is 55.1 Å². The van der Waals surface area contributed by atoms with Gasteiger partial charge in [-0.2, -0.15) is 0 Å². The van der Waals surface area contributed by atoms with Crippen LogP contribution >= 0.6 is 0 Å². The molecule has 0 aromatic heterocycles. The summed E-state index contributed by atoms with van der Waals surface area (Å²) in [5.74, 6) is 0.578. The monoisotopic (exact) mass is 279 g/mol. The lowest BCUT2D eigenvalue weighted by molar-refractivity contribution is 0.676. The third kappa shape index (κ3) is 4.57. The summed E-state index contributed by atoms with van der Waals surface area (Å²) >= 11 is 0. The molecule has 1 nitrogen and oxygen atoms in total. The number of rotatable bonds is 7. The molecule has 0 atom stereocenters. The smallest absolute Gasteiger partial charge is 0.0208 e. The van der Waals surface area contributed by atoms with E-state index in [0.29, 0.717) is 5.92 Å². The summed E-state index contributed by atoms with van der Waals surface area (Å²) < 4.78 is 0. The maximum Gasteiger partial charge on any atom is 0.0208 e. The summed E-state index contributed by atoms with van der Waals surface area (Å²) in [4.78, 5) is 0. The van der Waals surface area contributed by atoms with Crippen LogP contribution in [0.3, 0.4) is 0 Å². The summed E-state index contributed by atoms with van der Waals surface area (Å²) in [7, 11) is 0. The lowest BCUT2D eigenvalue weighted by Crippen LogP contribution is -2.17. The molecule has 1 heteroatoms. The van der Waals surface area contributed by atoms with Crippen LogP contribution in [-0.2, 0) is 13.0 Å². The van der Waals surface area contributed by atoms with Crippen LogP contribution in [0.4, 0.5) is 0 Å². The molecule has 21 heavy (non-hydrogen) atoms. The Morgan fingerprint density at radius 3 is 2.43 bits per heavy atom. The van der Waals surface area contributed by atoms with Gasteiger partial charge in [-0.15, -0.1) is 0 Å². The number of nitrogens with one attached hydrogen (secondary N) is 1. The fourth-order valence-electron chi connectivity index (χ4n) is 2.53. The highest BCUT2D eigenvalue weighted by Crippen LogP contribution is 2.18. The highest BCUT2D eigenvalue weighted by atomic mass is 14.8. The van der Waals surface area contributed by atoms with Crippen molar-refractivity contribution in [1.29, 1.82) is 0 Å². The minimum Gasteiger partial charge on any atom is -0.312 e. The third-order valence-electron chi connectivity index (χ3n) is 3.80. The van der Waals surface area contributed by atoms with Gasteiger partial charge in [-0.1, -0.05) is 75.0 Å². The van der Waals surface area contributed by atoms with E-state index >= 15 is 0 Å². The minimum atomic E-state index is 0.578. The molecule has 2 rings (SSSR count). The Labute approximate surface area is 128 Å². The minimum absolute atomic E-state index is 0.578. The van der Waals surface area contributed by atoms with Crippen LogP contribution in [0.1, 0.15) is 42.0 Å². The standard InChI is InChI=1S/C20H25N/c1-4-17-9-11-18(12-10-17)13-14-21-15-19-7-5-6-8-20(19)16(2)3/h4-12,16,21H,1,13-15H2,2-3H3. The second-order valence-corrected chi connectivity index (χ2v) is 5.73. The largest absolute Gasteiger partial charge is 0.312 e. The van der Waals surface area contributed by atoms with Crippen molar-refractivity contribution in [2.75, 3.05) is 6.54 Å². The molecule has 0 heterocycles. The van der Waals surface area contributed by atoms with E-state index in [2.05, 4.69) is 74.3 Å². The van der Waals surface area contributed by atoms with Gasteiger partial charge in [0.25, 0.3) is 0 Å². The van der Waals surface area contributed by atoms with Crippen LogP contribution in [-0.4, -0.2) is 6.54 Å². The molecular formula is C20H25N. The SMILES string of the molecule is C=Cc1ccc(CCNCc2ccccc2C(C)C)cc1. The van der Waals surface area contributed by atoms with E-state index in [-0.39, 0.29) is 0 Å². The molecule has 0 aliphatic rings. The Hall–Kier alpha value is -1.86. The van der Waals surface area contributed by atoms with E-state index < -0.39 is 0 Å². The summed E-state index contributed by atoms with van der Waals surface area (Å²) in [6.45, 7) is 10.2. The molecule has 110 valence electrons. The molecule has 0 saturated heterocycles. The van der Waals surface area contributed by atoms with Gasteiger partial charge in [0.15, 0.2) is 0 Å². The van der Waals surface area contributed by atoms with E-state index in [4.69, 9.17) is 0 Å². The summed E-state index contributed by atoms with van der Waals surface area (Å²) in [5, 5.41) is 3.55. The topological polar surface area (TPSA) is 12.0 Å². The molecule has 0 spiro atoms. The predicted molar refractivity (Wildman–Crippen MR) is 92.5 cm³/mol. The lowest BCUT2D eigenvalue weighted by atomic mass is 9.97. The first-order chi connectivity index (χ1) is 10.2. The quantitative estimate of drug-likeness (QED) is 0.719. The van der Waals surface area contributed by atoms with Gasteiger partial charge in [-0.05, 0) is 41.1 Å². The second kappa shape index (κ2) is 7.80. The summed E-state index contributed by atoms with van der Waals surface area (Å²) in [5.41, 5.74) is 5.40. The van der Waals surface area contributed by atoms with Gasteiger partial charge >= 0.3 is 0 Å². The Balaban J connectivity index is 1.83. The molecule has 0 saturated carbocycles. The van der Waals surface area contributed by atoms with E-state index in [1.807, 2.05) is 6.08 Å². The van der Waals surface area contributed by atoms with Crippen molar-refractivity contribution in [1.82, 2.24) is 5.32 Å². The van der Waals surface area contributed by atoms with E-state index in [1.54, 1.807) is 0 Å². The Morgan fingerprint density at radius 2 is 1.76 bits per heavy atom. The van der Waals surface area contributed by atoms with Crippen molar-refractivity contribution in [3.8, 4) is 0 Å². The normalized spacial score (nSPS) is 10.8. The van der Waals surface area contributed by atoms with E-state index in [1.165, 1.54) is 22.3 Å². The van der Waals surface area contributed by atoms with E-state index in [0.717, 1.165) is 19.5 Å². The van der Waals surface area contributed by atoms with Crippen LogP contribution in [0.2, 0.25) is 0 Å². The summed E-state index contributed by atoms with van der Waals surface area (Å²) in [6, 6.07) is 17.3. The maximum absolute atomic E-state index is 3.78. The highest BCUT2D eigenvalue weighted by Gasteiger charge is 2.04. The fourth-order valence-corrected chi connectivity index (χ4v) is 2.53. The molecule has 2 aromatic carbocycles. The predicted octanol–water partition coefficient (Wildman–Crippen LogP) is 4.79.